The molecule has 0 fully saturated rings. The van der Waals surface area contributed by atoms with E-state index in [2.05, 4.69) is 44.5 Å². The maximum atomic E-state index is 12.5. The van der Waals surface area contributed by atoms with Crippen molar-refractivity contribution in [2.45, 2.75) is 59.8 Å². The number of nitrogens with zero attached hydrogens (tertiary/aromatic N) is 9. The van der Waals surface area contributed by atoms with E-state index in [0.29, 0.717) is 22.8 Å². The summed E-state index contributed by atoms with van der Waals surface area (Å²) < 4.78 is 7.98. The Morgan fingerprint density at radius 1 is 0.841 bits per heavy atom. The average molecular weight is 900 g/mol. The van der Waals surface area contributed by atoms with Crippen LogP contribution in [0.5, 0.6) is 5.75 Å². The van der Waals surface area contributed by atoms with Crippen molar-refractivity contribution in [3.8, 4) is 17.1 Å². The summed E-state index contributed by atoms with van der Waals surface area (Å²) in [6, 6.07) is 27.3. The minimum absolute atomic E-state index is 0. The SMILES string of the molecule is CCCCC(CC)COCCCN.Cc1nn(-c2ccccc2)c(=O)[c-]1N=Nc1cc([N+](=O)[O-])ccc1O.Cc1nn(-c2ccccc2)c(=O)[c-]1N=Nc1ccccc1C(=O)O.[Cr].[H+]. The van der Waals surface area contributed by atoms with Crippen LogP contribution < -0.4 is 16.9 Å². The molecule has 63 heavy (non-hydrogen) atoms. The zero-order chi connectivity index (χ0) is 45.0. The van der Waals surface area contributed by atoms with Crippen molar-refractivity contribution in [1.29, 1.82) is 0 Å². The summed E-state index contributed by atoms with van der Waals surface area (Å²) >= 11 is 0. The van der Waals surface area contributed by atoms with Gasteiger partial charge in [-0.25, -0.2) is 24.4 Å². The number of hydrogen-bond donors (Lipinski definition) is 3. The molecule has 2 aromatic heterocycles. The second-order valence-electron chi connectivity index (χ2n) is 13.8. The molecule has 6 rings (SSSR count). The smallest absolute Gasteiger partial charge is 0.506 e. The summed E-state index contributed by atoms with van der Waals surface area (Å²) in [5.41, 5.74) is 6.38. The quantitative estimate of drug-likeness (QED) is 0.0255. The molecule has 0 amide bonds. The fourth-order valence-corrected chi connectivity index (χ4v) is 5.70. The Balaban J connectivity index is 0.000000342. The first-order valence-corrected chi connectivity index (χ1v) is 19.9. The second-order valence-corrected chi connectivity index (χ2v) is 13.8. The molecular weight excluding hydrogens is 849 g/mol. The zero-order valence-corrected chi connectivity index (χ0v) is 36.7. The van der Waals surface area contributed by atoms with Crippen LogP contribution in [0.2, 0.25) is 0 Å². The van der Waals surface area contributed by atoms with Crippen LogP contribution >= 0.6 is 0 Å². The summed E-state index contributed by atoms with van der Waals surface area (Å²) in [6.07, 6.45) is 6.17. The molecule has 2 heterocycles. The minimum Gasteiger partial charge on any atom is -0.506 e. The minimum atomic E-state index is -1.11. The van der Waals surface area contributed by atoms with E-state index < -0.39 is 22.0 Å². The molecule has 1 unspecified atom stereocenters. The number of para-hydroxylation sites is 2. The summed E-state index contributed by atoms with van der Waals surface area (Å²) in [6.45, 7) is 10.2. The van der Waals surface area contributed by atoms with E-state index in [4.69, 9.17) is 15.6 Å². The first-order chi connectivity index (χ1) is 29.9. The number of phenolic OH excluding ortho intramolecular Hbond substituents is 1. The number of nitrogens with two attached hydrogens (primary N) is 1. The van der Waals surface area contributed by atoms with Crippen LogP contribution in [0.1, 0.15) is 69.1 Å². The first-order valence-electron chi connectivity index (χ1n) is 19.9. The molecule has 0 aliphatic rings. The van der Waals surface area contributed by atoms with Crippen molar-refractivity contribution >= 4 is 34.4 Å². The third kappa shape index (κ3) is 14.7. The van der Waals surface area contributed by atoms with Crippen LogP contribution in [0.25, 0.3) is 11.4 Å². The van der Waals surface area contributed by atoms with Crippen LogP contribution in [0.4, 0.5) is 28.4 Å². The van der Waals surface area contributed by atoms with Crippen LogP contribution in [0.15, 0.2) is 133 Å². The maximum Gasteiger partial charge on any atom is 1.00 e. The molecule has 0 aliphatic carbocycles. The van der Waals surface area contributed by atoms with Gasteiger partial charge in [-0.1, -0.05) is 107 Å². The van der Waals surface area contributed by atoms with E-state index in [9.17, 15) is 29.6 Å². The van der Waals surface area contributed by atoms with Crippen LogP contribution in [0.3, 0.4) is 0 Å². The van der Waals surface area contributed by atoms with Crippen molar-refractivity contribution in [3.05, 3.63) is 151 Å². The van der Waals surface area contributed by atoms with Crippen LogP contribution in [0, 0.1) is 29.9 Å². The number of nitro benzene ring substituents is 1. The van der Waals surface area contributed by atoms with Gasteiger partial charge in [0.2, 0.25) is 0 Å². The van der Waals surface area contributed by atoms with Crippen LogP contribution in [-0.2, 0) is 22.1 Å². The molecule has 19 heteroatoms. The van der Waals surface area contributed by atoms with Crippen molar-refractivity contribution in [2.75, 3.05) is 19.8 Å². The predicted molar refractivity (Wildman–Crippen MR) is 236 cm³/mol. The van der Waals surface area contributed by atoms with E-state index >= 15 is 0 Å². The first kappa shape index (κ1) is 50.6. The van der Waals surface area contributed by atoms with Gasteiger partial charge >= 0.3 is 7.40 Å². The Morgan fingerprint density at radius 2 is 1.37 bits per heavy atom. The van der Waals surface area contributed by atoms with Gasteiger partial charge in [0.15, 0.2) is 0 Å². The number of unbranched alkanes of at least 4 members (excludes halogenated alkanes) is 1. The van der Waals surface area contributed by atoms with Gasteiger partial charge in [0.05, 0.1) is 27.5 Å². The van der Waals surface area contributed by atoms with Crippen molar-refractivity contribution in [2.24, 2.45) is 32.1 Å². The number of aromatic carboxylic acids is 1. The molecule has 6 aromatic rings. The number of benzene rings is 4. The summed E-state index contributed by atoms with van der Waals surface area (Å²) in [5.74, 6) is -0.628. The van der Waals surface area contributed by atoms with Gasteiger partial charge in [-0.05, 0) is 67.8 Å². The molecule has 4 N–H and O–H groups in total. The molecule has 18 nitrogen and oxygen atoms in total. The standard InChI is InChI=1S/C17H13N4O3.C16H12N5O4.C11H25NO.Cr/c1-11-15(16(22)21(20-11)12-7-3-2-4-8-12)19-18-14-10-6-5-9-13(14)17(23)24;1-10-15(16(23)20(19-10)11-5-3-2-4-6-11)18-17-13-9-12(21(24)25)7-8-14(13)22;1-3-5-7-11(4-2)10-13-9-6-8-12;/h2-10H,1H3,(H,23,24);2-9,22H,1H3;11H,3-10,12H2,1-2H3;/q2*-1;;/p+1. The number of non-ortho nitro benzene ring substituents is 1. The van der Waals surface area contributed by atoms with E-state index in [1.807, 2.05) is 12.1 Å². The molecular formula is C44H51CrN10O8-. The second kappa shape index (κ2) is 25.9. The topological polar surface area (TPSA) is 255 Å². The van der Waals surface area contributed by atoms with Gasteiger partial charge in [0.1, 0.15) is 22.6 Å². The third-order valence-corrected chi connectivity index (χ3v) is 9.19. The normalized spacial score (nSPS) is 11.3. The van der Waals surface area contributed by atoms with Crippen LogP contribution in [-0.4, -0.2) is 60.4 Å². The molecule has 0 aliphatic heterocycles. The molecule has 0 spiro atoms. The van der Waals surface area contributed by atoms with E-state index in [1.165, 1.54) is 47.2 Å². The van der Waals surface area contributed by atoms with Crippen molar-refractivity contribution in [1.82, 2.24) is 19.6 Å². The van der Waals surface area contributed by atoms with Gasteiger partial charge in [-0.3, -0.25) is 10.1 Å². The molecule has 0 saturated carbocycles. The summed E-state index contributed by atoms with van der Waals surface area (Å²) in [4.78, 5) is 46.3. The van der Waals surface area contributed by atoms with Gasteiger partial charge in [-0.15, -0.1) is 11.4 Å². The maximum absolute atomic E-state index is 12.5. The Labute approximate surface area is 375 Å². The number of azo groups is 2. The number of carboxylic acids is 1. The Morgan fingerprint density at radius 3 is 1.86 bits per heavy atom. The molecule has 0 saturated heterocycles. The number of ether oxygens (including phenoxy) is 1. The van der Waals surface area contributed by atoms with E-state index in [0.717, 1.165) is 50.3 Å². The van der Waals surface area contributed by atoms with Gasteiger partial charge in [0, 0.05) is 42.7 Å². The van der Waals surface area contributed by atoms with E-state index in [1.54, 1.807) is 74.5 Å². The number of aryl methyl sites for hydroxylation is 2. The average Bonchev–Trinajstić information content (AvgIpc) is 3.74. The van der Waals surface area contributed by atoms with E-state index in [-0.39, 0.29) is 58.5 Å². The number of phenols is 1. The number of carboxylic acid groups (broad SMARTS) is 1. The number of carbonyl (C=O) groups is 1. The molecule has 4 aromatic carbocycles. The number of nitro groups is 1. The molecule has 0 radical (unpaired) electrons. The molecule has 1 atom stereocenters. The fraction of sp³-hybridized carbons (Fsp3) is 0.295. The number of aromatic nitrogens is 4. The van der Waals surface area contributed by atoms with Gasteiger partial charge in [0.25, 0.3) is 5.69 Å². The molecule has 332 valence electrons. The van der Waals surface area contributed by atoms with Crippen molar-refractivity contribution < 1.29 is 43.5 Å². The largest absolute Gasteiger partial charge is 1.00 e. The third-order valence-electron chi connectivity index (χ3n) is 9.19. The Hall–Kier alpha value is -6.78. The van der Waals surface area contributed by atoms with Crippen molar-refractivity contribution in [3.63, 3.8) is 0 Å². The number of aromatic hydroxyl groups is 1. The number of rotatable bonds is 17. The monoisotopic (exact) mass is 899 g/mol. The van der Waals surface area contributed by atoms with Gasteiger partial charge < -0.3 is 40.5 Å². The van der Waals surface area contributed by atoms with Gasteiger partial charge in [-0.2, -0.15) is 10.2 Å². The Bertz CT molecular complexity index is 2560. The predicted octanol–water partition coefficient (Wildman–Crippen LogP) is 9.34. The zero-order valence-electron chi connectivity index (χ0n) is 36.4. The number of hydrogen-bond acceptors (Lipinski definition) is 14. The molecule has 0 bridgehead atoms. The summed E-state index contributed by atoms with van der Waals surface area (Å²) in [7, 11) is 0. The summed E-state index contributed by atoms with van der Waals surface area (Å²) in [5, 5.41) is 53.4. The fourth-order valence-electron chi connectivity index (χ4n) is 5.70. The Kier molecular flexibility index (Phi) is 20.8.